The molecular formula is C23H20F3N5O. The quantitative estimate of drug-likeness (QED) is 0.462. The fourth-order valence-corrected chi connectivity index (χ4v) is 3.34. The number of alkyl halides is 3. The molecule has 32 heavy (non-hydrogen) atoms. The minimum absolute atomic E-state index is 0.144. The van der Waals surface area contributed by atoms with E-state index < -0.39 is 11.7 Å². The maximum absolute atomic E-state index is 13.4. The Labute approximate surface area is 182 Å². The first-order chi connectivity index (χ1) is 15.3. The zero-order valence-electron chi connectivity index (χ0n) is 17.2. The fourth-order valence-electron chi connectivity index (χ4n) is 3.34. The van der Waals surface area contributed by atoms with E-state index in [1.54, 1.807) is 23.9 Å². The van der Waals surface area contributed by atoms with E-state index in [4.69, 9.17) is 0 Å². The number of anilines is 1. The molecule has 2 aromatic carbocycles. The molecule has 0 spiro atoms. The summed E-state index contributed by atoms with van der Waals surface area (Å²) < 4.78 is 43.1. The first-order valence-electron chi connectivity index (χ1n) is 9.93. The molecule has 0 bridgehead atoms. The average Bonchev–Trinajstić information content (AvgIpc) is 3.39. The van der Waals surface area contributed by atoms with Gasteiger partial charge in [-0.2, -0.15) is 23.4 Å². The van der Waals surface area contributed by atoms with Crippen LogP contribution in [0.5, 0.6) is 0 Å². The van der Waals surface area contributed by atoms with Crippen molar-refractivity contribution in [2.24, 2.45) is 0 Å². The summed E-state index contributed by atoms with van der Waals surface area (Å²) in [5.41, 5.74) is 1.29. The predicted molar refractivity (Wildman–Crippen MR) is 114 cm³/mol. The molecule has 1 amide bonds. The molecule has 9 heteroatoms. The van der Waals surface area contributed by atoms with E-state index in [0.29, 0.717) is 12.1 Å². The normalized spacial score (nSPS) is 11.5. The van der Waals surface area contributed by atoms with Gasteiger partial charge in [-0.05, 0) is 43.2 Å². The van der Waals surface area contributed by atoms with Crippen LogP contribution < -0.4 is 5.32 Å². The van der Waals surface area contributed by atoms with Gasteiger partial charge in [0.1, 0.15) is 5.82 Å². The van der Waals surface area contributed by atoms with Crippen LogP contribution in [-0.2, 0) is 17.4 Å². The van der Waals surface area contributed by atoms with Gasteiger partial charge < -0.3 is 5.32 Å². The number of hydrogen-bond acceptors (Lipinski definition) is 3. The third-order valence-electron chi connectivity index (χ3n) is 4.83. The number of carbonyl (C=O) groups is 1. The number of aromatic nitrogens is 4. The molecule has 4 rings (SSSR count). The Morgan fingerprint density at radius 2 is 1.78 bits per heavy atom. The second-order valence-electron chi connectivity index (χ2n) is 7.27. The monoisotopic (exact) mass is 439 g/mol. The van der Waals surface area contributed by atoms with E-state index in [9.17, 15) is 18.0 Å². The lowest BCUT2D eigenvalue weighted by atomic mass is 10.1. The second-order valence-corrected chi connectivity index (χ2v) is 7.27. The van der Waals surface area contributed by atoms with Crippen molar-refractivity contribution < 1.29 is 18.0 Å². The van der Waals surface area contributed by atoms with E-state index in [1.165, 1.54) is 18.2 Å². The zero-order chi connectivity index (χ0) is 22.7. The lowest BCUT2D eigenvalue weighted by Gasteiger charge is -2.15. The fraction of sp³-hybridized carbons (Fsp3) is 0.174. The topological polar surface area (TPSA) is 64.7 Å². The molecule has 6 nitrogen and oxygen atoms in total. The number of amides is 1. The van der Waals surface area contributed by atoms with E-state index >= 15 is 0 Å². The van der Waals surface area contributed by atoms with Crippen molar-refractivity contribution in [3.8, 4) is 11.4 Å². The van der Waals surface area contributed by atoms with Crippen molar-refractivity contribution in [1.82, 2.24) is 19.6 Å². The Balaban J connectivity index is 1.47. The minimum Gasteiger partial charge on any atom is -0.311 e. The molecule has 4 aromatic rings. The number of hydrogen-bond donors (Lipinski definition) is 1. The van der Waals surface area contributed by atoms with Gasteiger partial charge in [-0.15, -0.1) is 0 Å². The van der Waals surface area contributed by atoms with Gasteiger partial charge >= 0.3 is 6.18 Å². The van der Waals surface area contributed by atoms with Crippen LogP contribution in [0.2, 0.25) is 0 Å². The number of carbonyl (C=O) groups excluding carboxylic acids is 1. The summed E-state index contributed by atoms with van der Waals surface area (Å²) in [5, 5.41) is 11.1. The van der Waals surface area contributed by atoms with Gasteiger partial charge in [0.2, 0.25) is 5.91 Å². The molecule has 1 N–H and O–H groups in total. The molecule has 164 valence electrons. The van der Waals surface area contributed by atoms with E-state index in [0.717, 1.165) is 22.0 Å². The van der Waals surface area contributed by atoms with Crippen LogP contribution in [0, 0.1) is 6.92 Å². The Morgan fingerprint density at radius 1 is 1.06 bits per heavy atom. The molecule has 2 heterocycles. The number of para-hydroxylation sites is 2. The predicted octanol–water partition coefficient (Wildman–Crippen LogP) is 4.96. The number of nitrogens with zero attached hydrogens (tertiary/aromatic N) is 4. The van der Waals surface area contributed by atoms with E-state index in [2.05, 4.69) is 15.5 Å². The summed E-state index contributed by atoms with van der Waals surface area (Å²) in [6.07, 6.45) is -0.433. The first kappa shape index (κ1) is 21.4. The van der Waals surface area contributed by atoms with Gasteiger partial charge in [0.15, 0.2) is 0 Å². The molecule has 0 aliphatic carbocycles. The van der Waals surface area contributed by atoms with Crippen molar-refractivity contribution in [1.29, 1.82) is 0 Å². The molecule has 0 fully saturated rings. The Hall–Kier alpha value is -3.88. The van der Waals surface area contributed by atoms with Gasteiger partial charge in [0.05, 0.1) is 28.8 Å². The van der Waals surface area contributed by atoms with Gasteiger partial charge in [-0.1, -0.05) is 30.3 Å². The third kappa shape index (κ3) is 4.72. The Kier molecular flexibility index (Phi) is 5.81. The molecule has 0 radical (unpaired) electrons. The largest absolute Gasteiger partial charge is 0.418 e. The highest BCUT2D eigenvalue weighted by Crippen LogP contribution is 2.34. The molecule has 0 saturated carbocycles. The van der Waals surface area contributed by atoms with Crippen molar-refractivity contribution in [2.45, 2.75) is 25.9 Å². The smallest absolute Gasteiger partial charge is 0.311 e. The summed E-state index contributed by atoms with van der Waals surface area (Å²) >= 11 is 0. The third-order valence-corrected chi connectivity index (χ3v) is 4.83. The molecule has 0 unspecified atom stereocenters. The second kappa shape index (κ2) is 8.70. The summed E-state index contributed by atoms with van der Waals surface area (Å²) in [6.45, 7) is 1.65. The van der Waals surface area contributed by atoms with Crippen LogP contribution in [0.15, 0.2) is 73.1 Å². The summed E-state index contributed by atoms with van der Waals surface area (Å²) in [4.78, 5) is 12.5. The van der Waals surface area contributed by atoms with Crippen LogP contribution in [-0.4, -0.2) is 25.5 Å². The number of nitrogens with one attached hydrogen (secondary N) is 1. The number of benzene rings is 2. The summed E-state index contributed by atoms with van der Waals surface area (Å²) in [6, 6.07) is 16.2. The summed E-state index contributed by atoms with van der Waals surface area (Å²) in [5.74, 6) is -0.146. The van der Waals surface area contributed by atoms with E-state index in [1.807, 2.05) is 36.5 Å². The van der Waals surface area contributed by atoms with E-state index in [-0.39, 0.29) is 23.8 Å². The number of aryl methyl sites for hydroxylation is 2. The molecule has 0 aliphatic rings. The highest BCUT2D eigenvalue weighted by Gasteiger charge is 2.34. The molecule has 0 saturated heterocycles. The van der Waals surface area contributed by atoms with Gasteiger partial charge in [0.25, 0.3) is 0 Å². The maximum atomic E-state index is 13.4. The van der Waals surface area contributed by atoms with Crippen molar-refractivity contribution in [3.05, 3.63) is 89.9 Å². The van der Waals surface area contributed by atoms with Crippen LogP contribution in [0.1, 0.15) is 23.2 Å². The van der Waals surface area contributed by atoms with Crippen molar-refractivity contribution in [2.75, 3.05) is 5.32 Å². The SMILES string of the molecule is Cc1cc(NC(=O)CCc2cnn(-c3ccccc3)c2)n(-c2ccccc2C(F)(F)F)n1. The van der Waals surface area contributed by atoms with Crippen molar-refractivity contribution >= 4 is 11.7 Å². The van der Waals surface area contributed by atoms with Gasteiger partial charge in [-0.25, -0.2) is 9.36 Å². The van der Waals surface area contributed by atoms with Gasteiger partial charge in [0, 0.05) is 18.7 Å². The summed E-state index contributed by atoms with van der Waals surface area (Å²) in [7, 11) is 0. The number of rotatable bonds is 6. The van der Waals surface area contributed by atoms with Crippen LogP contribution in [0.25, 0.3) is 11.4 Å². The lowest BCUT2D eigenvalue weighted by molar-refractivity contribution is -0.137. The number of halogens is 3. The Bertz CT molecular complexity index is 1230. The molecule has 0 aliphatic heterocycles. The maximum Gasteiger partial charge on any atom is 0.418 e. The zero-order valence-corrected chi connectivity index (χ0v) is 17.2. The Morgan fingerprint density at radius 3 is 2.53 bits per heavy atom. The van der Waals surface area contributed by atoms with Crippen LogP contribution in [0.4, 0.5) is 19.0 Å². The molecular weight excluding hydrogens is 419 g/mol. The molecule has 2 aromatic heterocycles. The van der Waals surface area contributed by atoms with Gasteiger partial charge in [-0.3, -0.25) is 4.79 Å². The average molecular weight is 439 g/mol. The minimum atomic E-state index is -4.55. The van der Waals surface area contributed by atoms with Crippen LogP contribution >= 0.6 is 0 Å². The highest BCUT2D eigenvalue weighted by molar-refractivity contribution is 5.90. The standard InChI is InChI=1S/C23H20F3N5O/c1-16-13-21(31(29-16)20-10-6-5-9-19(20)23(24,25)26)28-22(32)12-11-17-14-27-30(15-17)18-7-3-2-4-8-18/h2-10,13-15H,11-12H2,1H3,(H,28,32). The lowest BCUT2D eigenvalue weighted by Crippen LogP contribution is -2.17. The van der Waals surface area contributed by atoms with Crippen LogP contribution in [0.3, 0.4) is 0 Å². The van der Waals surface area contributed by atoms with Crippen molar-refractivity contribution in [3.63, 3.8) is 0 Å². The molecule has 0 atom stereocenters. The highest BCUT2D eigenvalue weighted by atomic mass is 19.4. The first-order valence-corrected chi connectivity index (χ1v) is 9.93.